The number of nitrogens with zero attached hydrogens (tertiary/aromatic N) is 1. The molecule has 3 heteroatoms. The van der Waals surface area contributed by atoms with Gasteiger partial charge in [-0.2, -0.15) is 0 Å². The Bertz CT molecular complexity index is 335. The van der Waals surface area contributed by atoms with Crippen molar-refractivity contribution in [1.29, 1.82) is 0 Å². The molecule has 1 aromatic rings. The molecule has 0 saturated heterocycles. The summed E-state index contributed by atoms with van der Waals surface area (Å²) in [5.41, 5.74) is 1.08. The van der Waals surface area contributed by atoms with E-state index in [0.29, 0.717) is 0 Å². The maximum absolute atomic E-state index is 12.8. The van der Waals surface area contributed by atoms with E-state index in [2.05, 4.69) is 31.1 Å². The average molecular weight is 266 g/mol. The summed E-state index contributed by atoms with van der Waals surface area (Å²) in [6.07, 6.45) is 3.64. The number of rotatable bonds is 9. The molecule has 0 spiro atoms. The topological polar surface area (TPSA) is 15.3 Å². The van der Waals surface area contributed by atoms with Crippen LogP contribution in [0.3, 0.4) is 0 Å². The van der Waals surface area contributed by atoms with Crippen molar-refractivity contribution in [3.05, 3.63) is 30.1 Å². The SMILES string of the molecule is CC(C)CNCCCCCN(C)c1ccc(F)cc1. The Hall–Kier alpha value is -1.09. The first-order valence-corrected chi connectivity index (χ1v) is 7.27. The third kappa shape index (κ3) is 7.16. The lowest BCUT2D eigenvalue weighted by atomic mass is 10.2. The zero-order chi connectivity index (χ0) is 14.1. The van der Waals surface area contributed by atoms with Crippen molar-refractivity contribution in [1.82, 2.24) is 5.32 Å². The van der Waals surface area contributed by atoms with Gasteiger partial charge in [0.25, 0.3) is 0 Å². The van der Waals surface area contributed by atoms with Crippen LogP contribution in [-0.4, -0.2) is 26.7 Å². The molecule has 0 unspecified atom stereocenters. The first kappa shape index (κ1) is 16.0. The number of halogens is 1. The number of hydrogen-bond donors (Lipinski definition) is 1. The molecular formula is C16H27FN2. The Morgan fingerprint density at radius 2 is 1.79 bits per heavy atom. The summed E-state index contributed by atoms with van der Waals surface area (Å²) in [6.45, 7) is 7.69. The lowest BCUT2D eigenvalue weighted by molar-refractivity contribution is 0.530. The largest absolute Gasteiger partial charge is 0.375 e. The summed E-state index contributed by atoms with van der Waals surface area (Å²) in [5.74, 6) is 0.554. The lowest BCUT2D eigenvalue weighted by Crippen LogP contribution is -2.21. The zero-order valence-corrected chi connectivity index (χ0v) is 12.5. The van der Waals surface area contributed by atoms with Gasteiger partial charge >= 0.3 is 0 Å². The number of nitrogens with one attached hydrogen (secondary N) is 1. The van der Waals surface area contributed by atoms with Crippen LogP contribution in [-0.2, 0) is 0 Å². The summed E-state index contributed by atoms with van der Waals surface area (Å²) in [4.78, 5) is 2.18. The van der Waals surface area contributed by atoms with E-state index in [0.717, 1.165) is 31.2 Å². The van der Waals surface area contributed by atoms with E-state index in [1.165, 1.54) is 31.4 Å². The molecule has 0 fully saturated rings. The molecule has 1 N–H and O–H groups in total. The molecule has 0 saturated carbocycles. The molecule has 0 bridgehead atoms. The van der Waals surface area contributed by atoms with Crippen LogP contribution < -0.4 is 10.2 Å². The van der Waals surface area contributed by atoms with E-state index >= 15 is 0 Å². The number of hydrogen-bond acceptors (Lipinski definition) is 2. The minimum Gasteiger partial charge on any atom is -0.375 e. The van der Waals surface area contributed by atoms with Crippen molar-refractivity contribution in [2.24, 2.45) is 5.92 Å². The second kappa shape index (κ2) is 8.92. The van der Waals surface area contributed by atoms with E-state index in [9.17, 15) is 4.39 Å². The number of benzene rings is 1. The van der Waals surface area contributed by atoms with E-state index < -0.39 is 0 Å². The van der Waals surface area contributed by atoms with E-state index in [4.69, 9.17) is 0 Å². The quantitative estimate of drug-likeness (QED) is 0.686. The number of unbranched alkanes of at least 4 members (excludes halogenated alkanes) is 2. The van der Waals surface area contributed by atoms with Gasteiger partial charge in [0.05, 0.1) is 0 Å². The fourth-order valence-electron chi connectivity index (χ4n) is 1.99. The van der Waals surface area contributed by atoms with Crippen LogP contribution in [0.1, 0.15) is 33.1 Å². The maximum atomic E-state index is 12.8. The predicted molar refractivity (Wildman–Crippen MR) is 81.2 cm³/mol. The minimum absolute atomic E-state index is 0.173. The lowest BCUT2D eigenvalue weighted by Gasteiger charge is -2.19. The van der Waals surface area contributed by atoms with Crippen LogP contribution in [0, 0.1) is 11.7 Å². The fraction of sp³-hybridized carbons (Fsp3) is 0.625. The average Bonchev–Trinajstić information content (AvgIpc) is 2.38. The predicted octanol–water partition coefficient (Wildman–Crippen LogP) is 3.68. The minimum atomic E-state index is -0.173. The summed E-state index contributed by atoms with van der Waals surface area (Å²) in [7, 11) is 2.06. The van der Waals surface area contributed by atoms with E-state index in [1.807, 2.05) is 12.1 Å². The molecule has 0 amide bonds. The Morgan fingerprint density at radius 1 is 1.11 bits per heavy atom. The van der Waals surface area contributed by atoms with Crippen LogP contribution in [0.5, 0.6) is 0 Å². The van der Waals surface area contributed by atoms with Gasteiger partial charge in [-0.25, -0.2) is 4.39 Å². The zero-order valence-electron chi connectivity index (χ0n) is 12.5. The molecule has 0 radical (unpaired) electrons. The molecule has 0 atom stereocenters. The molecule has 0 aliphatic rings. The van der Waals surface area contributed by atoms with E-state index in [1.54, 1.807) is 0 Å². The molecule has 108 valence electrons. The van der Waals surface area contributed by atoms with E-state index in [-0.39, 0.29) is 5.82 Å². The Labute approximate surface area is 117 Å². The molecule has 1 aromatic carbocycles. The van der Waals surface area contributed by atoms with Crippen molar-refractivity contribution in [2.75, 3.05) is 31.6 Å². The highest BCUT2D eigenvalue weighted by atomic mass is 19.1. The molecule has 0 aliphatic heterocycles. The second-order valence-electron chi connectivity index (χ2n) is 5.56. The van der Waals surface area contributed by atoms with Gasteiger partial charge in [0.15, 0.2) is 0 Å². The van der Waals surface area contributed by atoms with Crippen molar-refractivity contribution in [3.8, 4) is 0 Å². The molecular weight excluding hydrogens is 239 g/mol. The van der Waals surface area contributed by atoms with Crippen LogP contribution in [0.25, 0.3) is 0 Å². The monoisotopic (exact) mass is 266 g/mol. The molecule has 19 heavy (non-hydrogen) atoms. The second-order valence-corrected chi connectivity index (χ2v) is 5.56. The van der Waals surface area contributed by atoms with Gasteiger partial charge in [-0.1, -0.05) is 20.3 Å². The molecule has 0 aliphatic carbocycles. The first-order valence-electron chi connectivity index (χ1n) is 7.27. The molecule has 2 nitrogen and oxygen atoms in total. The maximum Gasteiger partial charge on any atom is 0.123 e. The highest BCUT2D eigenvalue weighted by Crippen LogP contribution is 2.13. The van der Waals surface area contributed by atoms with Crippen LogP contribution in [0.4, 0.5) is 10.1 Å². The third-order valence-corrected chi connectivity index (χ3v) is 3.17. The van der Waals surface area contributed by atoms with Gasteiger partial charge < -0.3 is 10.2 Å². The van der Waals surface area contributed by atoms with Crippen LogP contribution >= 0.6 is 0 Å². The number of anilines is 1. The van der Waals surface area contributed by atoms with Crippen molar-refractivity contribution < 1.29 is 4.39 Å². The van der Waals surface area contributed by atoms with Crippen molar-refractivity contribution in [2.45, 2.75) is 33.1 Å². The Morgan fingerprint density at radius 3 is 2.42 bits per heavy atom. The summed E-state index contributed by atoms with van der Waals surface area (Å²) in [6, 6.07) is 6.70. The van der Waals surface area contributed by atoms with Crippen molar-refractivity contribution in [3.63, 3.8) is 0 Å². The van der Waals surface area contributed by atoms with Crippen LogP contribution in [0.15, 0.2) is 24.3 Å². The summed E-state index contributed by atoms with van der Waals surface area (Å²) in [5, 5.41) is 3.46. The first-order chi connectivity index (χ1) is 9.09. The molecule has 0 heterocycles. The smallest absolute Gasteiger partial charge is 0.123 e. The third-order valence-electron chi connectivity index (χ3n) is 3.17. The normalized spacial score (nSPS) is 11.0. The highest BCUT2D eigenvalue weighted by molar-refractivity contribution is 5.45. The van der Waals surface area contributed by atoms with Crippen LogP contribution in [0.2, 0.25) is 0 Å². The Kier molecular flexibility index (Phi) is 7.49. The van der Waals surface area contributed by atoms with Gasteiger partial charge in [0, 0.05) is 19.3 Å². The van der Waals surface area contributed by atoms with Gasteiger partial charge in [-0.05, 0) is 56.1 Å². The summed E-state index contributed by atoms with van der Waals surface area (Å²) < 4.78 is 12.8. The molecule has 0 aromatic heterocycles. The highest BCUT2D eigenvalue weighted by Gasteiger charge is 2.00. The standard InChI is InChI=1S/C16H27FN2/c1-14(2)13-18-11-5-4-6-12-19(3)16-9-7-15(17)8-10-16/h7-10,14,18H,4-6,11-13H2,1-3H3. The fourth-order valence-corrected chi connectivity index (χ4v) is 1.99. The Balaban J connectivity index is 2.07. The van der Waals surface area contributed by atoms with Gasteiger partial charge in [0.1, 0.15) is 5.82 Å². The van der Waals surface area contributed by atoms with Gasteiger partial charge in [0.2, 0.25) is 0 Å². The van der Waals surface area contributed by atoms with Crippen molar-refractivity contribution >= 4 is 5.69 Å². The van der Waals surface area contributed by atoms with Gasteiger partial charge in [-0.3, -0.25) is 0 Å². The summed E-state index contributed by atoms with van der Waals surface area (Å²) >= 11 is 0. The molecule has 1 rings (SSSR count). The van der Waals surface area contributed by atoms with Gasteiger partial charge in [-0.15, -0.1) is 0 Å².